The molecule has 4 heteroatoms. The highest BCUT2D eigenvalue weighted by atomic mass is 32.1. The van der Waals surface area contributed by atoms with Crippen LogP contribution in [0.25, 0.3) is 0 Å². The molecule has 3 rings (SSSR count). The molecule has 1 saturated carbocycles. The second-order valence-electron chi connectivity index (χ2n) is 5.70. The lowest BCUT2D eigenvalue weighted by atomic mass is 9.96. The first-order valence-electron chi connectivity index (χ1n) is 7.48. The van der Waals surface area contributed by atoms with E-state index in [0.29, 0.717) is 18.5 Å². The van der Waals surface area contributed by atoms with Gasteiger partial charge in [0.15, 0.2) is 11.6 Å². The molecule has 1 fully saturated rings. The molecule has 2 N–H and O–H groups in total. The largest absolute Gasteiger partial charge is 0.505 e. The van der Waals surface area contributed by atoms with Gasteiger partial charge in [0.25, 0.3) is 0 Å². The van der Waals surface area contributed by atoms with Crippen molar-refractivity contribution < 1.29 is 9.50 Å². The van der Waals surface area contributed by atoms with Crippen LogP contribution in [0, 0.1) is 11.7 Å². The lowest BCUT2D eigenvalue weighted by molar-refractivity contribution is 0.370. The molecular weight excluding hydrogens is 285 g/mol. The molecule has 1 atom stereocenters. The van der Waals surface area contributed by atoms with Crippen LogP contribution in [0.2, 0.25) is 0 Å². The fraction of sp³-hybridized carbons (Fsp3) is 0.412. The van der Waals surface area contributed by atoms with Crippen molar-refractivity contribution in [3.63, 3.8) is 0 Å². The summed E-state index contributed by atoms with van der Waals surface area (Å²) >= 11 is 1.78. The number of hydrogen-bond acceptors (Lipinski definition) is 3. The van der Waals surface area contributed by atoms with Gasteiger partial charge >= 0.3 is 0 Å². The fourth-order valence-corrected chi connectivity index (χ4v) is 4.04. The Hall–Kier alpha value is -1.39. The highest BCUT2D eigenvalue weighted by Crippen LogP contribution is 2.37. The Morgan fingerprint density at radius 3 is 2.76 bits per heavy atom. The van der Waals surface area contributed by atoms with Gasteiger partial charge in [0.05, 0.1) is 0 Å². The molecule has 0 spiro atoms. The van der Waals surface area contributed by atoms with Crippen LogP contribution in [0.1, 0.15) is 42.2 Å². The van der Waals surface area contributed by atoms with Gasteiger partial charge in [-0.25, -0.2) is 4.39 Å². The van der Waals surface area contributed by atoms with Crippen molar-refractivity contribution in [3.05, 3.63) is 52.0 Å². The maximum absolute atomic E-state index is 13.4. The highest BCUT2D eigenvalue weighted by Gasteiger charge is 2.26. The lowest BCUT2D eigenvalue weighted by Gasteiger charge is -2.24. The molecule has 1 aliphatic rings. The smallest absolute Gasteiger partial charge is 0.165 e. The molecule has 1 aromatic heterocycles. The third kappa shape index (κ3) is 3.44. The van der Waals surface area contributed by atoms with Crippen LogP contribution in [0.3, 0.4) is 0 Å². The van der Waals surface area contributed by atoms with E-state index in [4.69, 9.17) is 0 Å². The van der Waals surface area contributed by atoms with Gasteiger partial charge in [-0.3, -0.25) is 0 Å². The number of benzene rings is 1. The molecule has 1 aromatic carbocycles. The van der Waals surface area contributed by atoms with Crippen molar-refractivity contribution in [1.29, 1.82) is 0 Å². The Bertz CT molecular complexity index is 578. The number of nitrogens with one attached hydrogen (secondary N) is 1. The van der Waals surface area contributed by atoms with Crippen LogP contribution in [-0.2, 0) is 6.54 Å². The maximum Gasteiger partial charge on any atom is 0.165 e. The molecule has 1 aliphatic carbocycles. The van der Waals surface area contributed by atoms with Gasteiger partial charge in [-0.2, -0.15) is 0 Å². The second kappa shape index (κ2) is 6.58. The van der Waals surface area contributed by atoms with Crippen LogP contribution in [-0.4, -0.2) is 5.11 Å². The standard InChI is InChI=1S/C17H20FNOS/c18-14-10-12(7-8-15(14)20)11-19-17(13-4-1-2-5-13)16-6-3-9-21-16/h3,6-10,13,17,19-20H,1-2,4-5,11H2. The third-order valence-corrected chi connectivity index (χ3v) is 5.21. The number of phenols is 1. The van der Waals surface area contributed by atoms with Crippen LogP contribution in [0.15, 0.2) is 35.7 Å². The lowest BCUT2D eigenvalue weighted by Crippen LogP contribution is -2.26. The Labute approximate surface area is 128 Å². The summed E-state index contributed by atoms with van der Waals surface area (Å²) in [5, 5.41) is 14.9. The van der Waals surface area contributed by atoms with Crippen LogP contribution < -0.4 is 5.32 Å². The van der Waals surface area contributed by atoms with Crippen molar-refractivity contribution in [3.8, 4) is 5.75 Å². The van der Waals surface area contributed by atoms with Crippen molar-refractivity contribution in [2.45, 2.75) is 38.3 Å². The summed E-state index contributed by atoms with van der Waals surface area (Å²) in [5.74, 6) is -0.169. The fourth-order valence-electron chi connectivity index (χ4n) is 3.15. The summed E-state index contributed by atoms with van der Waals surface area (Å²) in [6.45, 7) is 0.621. The van der Waals surface area contributed by atoms with Crippen LogP contribution >= 0.6 is 11.3 Å². The highest BCUT2D eigenvalue weighted by molar-refractivity contribution is 7.10. The quantitative estimate of drug-likeness (QED) is 0.845. The predicted octanol–water partition coefficient (Wildman–Crippen LogP) is 4.61. The van der Waals surface area contributed by atoms with Gasteiger partial charge in [0, 0.05) is 17.5 Å². The average molecular weight is 305 g/mol. The zero-order valence-corrected chi connectivity index (χ0v) is 12.7. The SMILES string of the molecule is Oc1ccc(CNC(c2cccs2)C2CCCC2)cc1F. The molecule has 2 nitrogen and oxygen atoms in total. The van der Waals surface area contributed by atoms with E-state index in [0.717, 1.165) is 5.56 Å². The van der Waals surface area contributed by atoms with Gasteiger partial charge < -0.3 is 10.4 Å². The summed E-state index contributed by atoms with van der Waals surface area (Å²) in [4.78, 5) is 1.36. The average Bonchev–Trinajstić information content (AvgIpc) is 3.16. The molecule has 0 amide bonds. The molecular formula is C17H20FNOS. The van der Waals surface area contributed by atoms with E-state index in [9.17, 15) is 9.50 Å². The number of halogens is 1. The van der Waals surface area contributed by atoms with Gasteiger partial charge in [-0.1, -0.05) is 25.0 Å². The van der Waals surface area contributed by atoms with Crippen molar-refractivity contribution in [2.75, 3.05) is 0 Å². The monoisotopic (exact) mass is 305 g/mol. The number of hydrogen-bond donors (Lipinski definition) is 2. The van der Waals surface area contributed by atoms with E-state index in [-0.39, 0.29) is 5.75 Å². The number of phenolic OH excluding ortho intramolecular Hbond substituents is 1. The molecule has 21 heavy (non-hydrogen) atoms. The number of rotatable bonds is 5. The number of thiophene rings is 1. The van der Waals surface area contributed by atoms with E-state index in [1.54, 1.807) is 17.4 Å². The summed E-state index contributed by atoms with van der Waals surface area (Å²) in [5.41, 5.74) is 0.866. The van der Waals surface area contributed by atoms with Crippen molar-refractivity contribution in [1.82, 2.24) is 5.32 Å². The summed E-state index contributed by atoms with van der Waals surface area (Å²) in [6.07, 6.45) is 5.14. The minimum atomic E-state index is -0.553. The second-order valence-corrected chi connectivity index (χ2v) is 6.68. The normalized spacial score (nSPS) is 17.2. The van der Waals surface area contributed by atoms with Crippen LogP contribution in [0.5, 0.6) is 5.75 Å². The Kier molecular flexibility index (Phi) is 4.56. The van der Waals surface area contributed by atoms with Gasteiger partial charge in [-0.15, -0.1) is 11.3 Å². The first-order valence-corrected chi connectivity index (χ1v) is 8.36. The molecule has 0 radical (unpaired) electrons. The summed E-state index contributed by atoms with van der Waals surface area (Å²) < 4.78 is 13.4. The predicted molar refractivity (Wildman–Crippen MR) is 83.9 cm³/mol. The molecule has 0 saturated heterocycles. The Balaban J connectivity index is 1.71. The molecule has 1 unspecified atom stereocenters. The van der Waals surface area contributed by atoms with Crippen molar-refractivity contribution >= 4 is 11.3 Å². The molecule has 2 aromatic rings. The minimum Gasteiger partial charge on any atom is -0.505 e. The number of aromatic hydroxyl groups is 1. The van der Waals surface area contributed by atoms with E-state index < -0.39 is 5.82 Å². The van der Waals surface area contributed by atoms with E-state index in [1.165, 1.54) is 42.7 Å². The van der Waals surface area contributed by atoms with Gasteiger partial charge in [0.2, 0.25) is 0 Å². The zero-order valence-electron chi connectivity index (χ0n) is 11.9. The molecule has 0 aliphatic heterocycles. The molecule has 1 heterocycles. The Morgan fingerprint density at radius 1 is 1.29 bits per heavy atom. The third-order valence-electron chi connectivity index (χ3n) is 4.26. The maximum atomic E-state index is 13.4. The van der Waals surface area contributed by atoms with E-state index in [1.807, 2.05) is 0 Å². The zero-order chi connectivity index (χ0) is 14.7. The molecule has 0 bridgehead atoms. The van der Waals surface area contributed by atoms with E-state index >= 15 is 0 Å². The Morgan fingerprint density at radius 2 is 2.10 bits per heavy atom. The summed E-state index contributed by atoms with van der Waals surface area (Å²) in [6, 6.07) is 9.21. The molecule has 112 valence electrons. The van der Waals surface area contributed by atoms with Gasteiger partial charge in [0.1, 0.15) is 0 Å². The van der Waals surface area contributed by atoms with Gasteiger partial charge in [-0.05, 0) is 47.9 Å². The summed E-state index contributed by atoms with van der Waals surface area (Å²) in [7, 11) is 0. The minimum absolute atomic E-state index is 0.288. The van der Waals surface area contributed by atoms with E-state index in [2.05, 4.69) is 22.8 Å². The topological polar surface area (TPSA) is 32.3 Å². The van der Waals surface area contributed by atoms with Crippen molar-refractivity contribution in [2.24, 2.45) is 5.92 Å². The first-order chi connectivity index (χ1) is 10.2. The first kappa shape index (κ1) is 14.5. The van der Waals surface area contributed by atoms with Crippen LogP contribution in [0.4, 0.5) is 4.39 Å².